The third kappa shape index (κ3) is 5.30. The van der Waals surface area contributed by atoms with Gasteiger partial charge >= 0.3 is 0 Å². The van der Waals surface area contributed by atoms with E-state index in [-0.39, 0.29) is 0 Å². The molecule has 1 atom stereocenters. The minimum absolute atomic E-state index is 0.696. The molecule has 1 aromatic carbocycles. The van der Waals surface area contributed by atoms with Crippen LogP contribution in [0.3, 0.4) is 0 Å². The van der Waals surface area contributed by atoms with Crippen molar-refractivity contribution < 1.29 is 9.16 Å². The maximum absolute atomic E-state index is 5.99. The standard InChI is InChI=1S/C14H22O2Si/c1-4-9-17(12-15-3)16-11-14-8-6-7-13(5-2)10-14/h5-8,10,17H,2,4,9,11-12H2,1,3H3. The second kappa shape index (κ2) is 8.23. The monoisotopic (exact) mass is 250 g/mol. The number of rotatable bonds is 8. The number of methoxy groups -OCH3 is 1. The van der Waals surface area contributed by atoms with Gasteiger partial charge in [0.2, 0.25) is 9.04 Å². The van der Waals surface area contributed by atoms with Crippen LogP contribution in [-0.4, -0.2) is 22.4 Å². The summed E-state index contributed by atoms with van der Waals surface area (Å²) < 4.78 is 11.2. The van der Waals surface area contributed by atoms with Crippen LogP contribution in [0.2, 0.25) is 6.04 Å². The fraction of sp³-hybridized carbons (Fsp3) is 0.429. The van der Waals surface area contributed by atoms with Crippen LogP contribution in [0.15, 0.2) is 30.8 Å². The first-order valence-electron chi connectivity index (χ1n) is 6.12. The Labute approximate surface area is 106 Å². The van der Waals surface area contributed by atoms with Crippen molar-refractivity contribution in [2.75, 3.05) is 13.3 Å². The first-order chi connectivity index (χ1) is 8.30. The predicted molar refractivity (Wildman–Crippen MR) is 75.4 cm³/mol. The van der Waals surface area contributed by atoms with Crippen molar-refractivity contribution >= 4 is 15.1 Å². The van der Waals surface area contributed by atoms with Gasteiger partial charge in [-0.3, -0.25) is 0 Å². The Morgan fingerprint density at radius 2 is 2.24 bits per heavy atom. The van der Waals surface area contributed by atoms with Crippen LogP contribution in [0.5, 0.6) is 0 Å². The van der Waals surface area contributed by atoms with Crippen LogP contribution in [0, 0.1) is 0 Å². The Morgan fingerprint density at radius 1 is 1.41 bits per heavy atom. The van der Waals surface area contributed by atoms with Gasteiger partial charge in [-0.25, -0.2) is 0 Å². The fourth-order valence-corrected chi connectivity index (χ4v) is 3.62. The largest absolute Gasteiger partial charge is 0.413 e. The van der Waals surface area contributed by atoms with Crippen LogP contribution >= 0.6 is 0 Å². The summed E-state index contributed by atoms with van der Waals surface area (Å²) >= 11 is 0. The molecule has 0 fully saturated rings. The topological polar surface area (TPSA) is 18.5 Å². The highest BCUT2D eigenvalue weighted by Gasteiger charge is 2.10. The van der Waals surface area contributed by atoms with Gasteiger partial charge in [0, 0.05) is 7.11 Å². The molecule has 0 aromatic heterocycles. The zero-order valence-electron chi connectivity index (χ0n) is 10.8. The average molecular weight is 250 g/mol. The normalized spacial score (nSPS) is 12.4. The smallest absolute Gasteiger partial charge is 0.202 e. The van der Waals surface area contributed by atoms with Gasteiger partial charge in [0.1, 0.15) is 0 Å². The maximum atomic E-state index is 5.99. The van der Waals surface area contributed by atoms with Gasteiger partial charge in [-0.05, 0) is 23.2 Å². The van der Waals surface area contributed by atoms with Crippen LogP contribution in [0.25, 0.3) is 6.08 Å². The highest BCUT2D eigenvalue weighted by atomic mass is 28.3. The van der Waals surface area contributed by atoms with Crippen molar-refractivity contribution in [3.8, 4) is 0 Å². The lowest BCUT2D eigenvalue weighted by molar-refractivity contribution is 0.212. The van der Waals surface area contributed by atoms with E-state index >= 15 is 0 Å². The van der Waals surface area contributed by atoms with E-state index in [1.54, 1.807) is 7.11 Å². The molecule has 2 nitrogen and oxygen atoms in total. The molecule has 0 aliphatic carbocycles. The SMILES string of the molecule is C=Cc1cccc(CO[SiH](CCC)COC)c1. The maximum Gasteiger partial charge on any atom is 0.202 e. The molecule has 0 aliphatic rings. The van der Waals surface area contributed by atoms with Crippen molar-refractivity contribution in [3.63, 3.8) is 0 Å². The van der Waals surface area contributed by atoms with Crippen molar-refractivity contribution in [1.82, 2.24) is 0 Å². The van der Waals surface area contributed by atoms with Gasteiger partial charge in [0.25, 0.3) is 0 Å². The summed E-state index contributed by atoms with van der Waals surface area (Å²) in [7, 11) is 0.571. The Bertz CT molecular complexity index is 333. The van der Waals surface area contributed by atoms with Crippen molar-refractivity contribution in [3.05, 3.63) is 42.0 Å². The van der Waals surface area contributed by atoms with E-state index in [0.29, 0.717) is 6.61 Å². The Morgan fingerprint density at radius 3 is 2.88 bits per heavy atom. The highest BCUT2D eigenvalue weighted by Crippen LogP contribution is 2.09. The van der Waals surface area contributed by atoms with E-state index in [0.717, 1.165) is 11.8 Å². The molecule has 0 saturated heterocycles. The van der Waals surface area contributed by atoms with Crippen LogP contribution in [0.1, 0.15) is 24.5 Å². The van der Waals surface area contributed by atoms with E-state index in [1.165, 1.54) is 18.0 Å². The first kappa shape index (κ1) is 14.2. The highest BCUT2D eigenvalue weighted by molar-refractivity contribution is 6.51. The zero-order chi connectivity index (χ0) is 12.5. The van der Waals surface area contributed by atoms with Crippen LogP contribution in [0.4, 0.5) is 0 Å². The molecule has 0 radical (unpaired) electrons. The minimum atomic E-state index is -1.18. The van der Waals surface area contributed by atoms with Crippen molar-refractivity contribution in [2.45, 2.75) is 26.0 Å². The summed E-state index contributed by atoms with van der Waals surface area (Å²) in [6.45, 7) is 6.66. The molecule has 17 heavy (non-hydrogen) atoms. The number of benzene rings is 1. The lowest BCUT2D eigenvalue weighted by Gasteiger charge is -2.14. The Hall–Kier alpha value is -0.903. The van der Waals surface area contributed by atoms with Gasteiger partial charge < -0.3 is 9.16 Å². The summed E-state index contributed by atoms with van der Waals surface area (Å²) in [5.41, 5.74) is 2.36. The van der Waals surface area contributed by atoms with Gasteiger partial charge in [-0.15, -0.1) is 0 Å². The minimum Gasteiger partial charge on any atom is -0.413 e. The molecule has 0 saturated carbocycles. The predicted octanol–water partition coefficient (Wildman–Crippen LogP) is 3.17. The number of hydrogen-bond acceptors (Lipinski definition) is 2. The zero-order valence-corrected chi connectivity index (χ0v) is 12.0. The van der Waals surface area contributed by atoms with Crippen molar-refractivity contribution in [1.29, 1.82) is 0 Å². The Balaban J connectivity index is 2.49. The summed E-state index contributed by atoms with van der Waals surface area (Å²) in [6, 6.07) is 9.48. The number of ether oxygens (including phenoxy) is 1. The van der Waals surface area contributed by atoms with Crippen molar-refractivity contribution in [2.24, 2.45) is 0 Å². The van der Waals surface area contributed by atoms with E-state index in [1.807, 2.05) is 18.2 Å². The quantitative estimate of drug-likeness (QED) is 0.660. The molecule has 1 aromatic rings. The van der Waals surface area contributed by atoms with E-state index in [4.69, 9.17) is 9.16 Å². The molecular weight excluding hydrogens is 228 g/mol. The molecule has 0 spiro atoms. The third-order valence-electron chi connectivity index (χ3n) is 2.64. The second-order valence-corrected chi connectivity index (χ2v) is 6.61. The molecule has 3 heteroatoms. The Kier molecular flexibility index (Phi) is 6.85. The van der Waals surface area contributed by atoms with Gasteiger partial charge in [-0.2, -0.15) is 0 Å². The molecule has 0 heterocycles. The van der Waals surface area contributed by atoms with E-state index in [9.17, 15) is 0 Å². The molecule has 0 N–H and O–H groups in total. The summed E-state index contributed by atoms with van der Waals surface area (Å²) in [5, 5.41) is 0. The average Bonchev–Trinajstić information content (AvgIpc) is 2.37. The lowest BCUT2D eigenvalue weighted by Crippen LogP contribution is -2.24. The van der Waals surface area contributed by atoms with Gasteiger partial charge in [0.05, 0.1) is 12.8 Å². The summed E-state index contributed by atoms with van der Waals surface area (Å²) in [4.78, 5) is 0. The lowest BCUT2D eigenvalue weighted by atomic mass is 10.1. The number of hydrogen-bond donors (Lipinski definition) is 0. The molecule has 1 rings (SSSR count). The third-order valence-corrected chi connectivity index (χ3v) is 5.20. The van der Waals surface area contributed by atoms with Crippen LogP contribution in [-0.2, 0) is 15.8 Å². The molecule has 94 valence electrons. The summed E-state index contributed by atoms with van der Waals surface area (Å²) in [6.07, 6.45) is 3.83. The second-order valence-electron chi connectivity index (χ2n) is 4.13. The van der Waals surface area contributed by atoms with Crippen LogP contribution < -0.4 is 0 Å². The van der Waals surface area contributed by atoms with Gasteiger partial charge in [-0.1, -0.05) is 44.2 Å². The molecule has 0 aliphatic heterocycles. The fourth-order valence-electron chi connectivity index (χ4n) is 1.75. The van der Waals surface area contributed by atoms with E-state index < -0.39 is 9.04 Å². The molecule has 0 amide bonds. The summed E-state index contributed by atoms with van der Waals surface area (Å²) in [5.74, 6) is 0. The molecular formula is C14H22O2Si. The first-order valence-corrected chi connectivity index (χ1v) is 8.22. The molecule has 0 bridgehead atoms. The molecule has 1 unspecified atom stereocenters. The van der Waals surface area contributed by atoms with E-state index in [2.05, 4.69) is 25.6 Å². The van der Waals surface area contributed by atoms with Gasteiger partial charge in [0.15, 0.2) is 0 Å².